The Kier molecular flexibility index (Phi) is 5.62. The quantitative estimate of drug-likeness (QED) is 0.846. The summed E-state index contributed by atoms with van der Waals surface area (Å²) in [5, 5.41) is 8.57. The Morgan fingerprint density at radius 1 is 1.19 bits per heavy atom. The van der Waals surface area contributed by atoms with Crippen LogP contribution < -0.4 is 5.32 Å². The van der Waals surface area contributed by atoms with Crippen LogP contribution in [-0.4, -0.2) is 22.7 Å². The lowest BCUT2D eigenvalue weighted by atomic mass is 9.99. The van der Waals surface area contributed by atoms with Crippen LogP contribution in [0.25, 0.3) is 11.4 Å². The van der Waals surface area contributed by atoms with E-state index in [1.54, 1.807) is 18.2 Å². The van der Waals surface area contributed by atoms with Crippen molar-refractivity contribution in [3.8, 4) is 11.4 Å². The highest BCUT2D eigenvalue weighted by Gasteiger charge is 2.22. The van der Waals surface area contributed by atoms with E-state index < -0.39 is 0 Å². The Balaban J connectivity index is 2.24. The molecule has 1 heterocycles. The molecule has 0 amide bonds. The highest BCUT2D eigenvalue weighted by molar-refractivity contribution is 6.35. The summed E-state index contributed by atoms with van der Waals surface area (Å²) >= 11 is 12.0. The summed E-state index contributed by atoms with van der Waals surface area (Å²) < 4.78 is 5.40. The van der Waals surface area contributed by atoms with Crippen molar-refractivity contribution in [1.29, 1.82) is 0 Å². The first kappa shape index (κ1) is 16.3. The number of hydrogen-bond donors (Lipinski definition) is 1. The van der Waals surface area contributed by atoms with E-state index in [0.717, 1.165) is 18.5 Å². The number of halogens is 2. The standard InChI is InChI=1S/C15H19Cl2N3O/c1-4-13(18-5-2)9(3)15-19-14(20-21-15)10-6-11(16)8-12(17)7-10/h6-9,13,18H,4-5H2,1-3H3. The van der Waals surface area contributed by atoms with E-state index in [-0.39, 0.29) is 5.92 Å². The van der Waals surface area contributed by atoms with E-state index in [1.807, 2.05) is 0 Å². The van der Waals surface area contributed by atoms with Crippen LogP contribution in [-0.2, 0) is 0 Å². The number of likely N-dealkylation sites (N-methyl/N-ethyl adjacent to an activating group) is 1. The molecule has 2 aromatic rings. The van der Waals surface area contributed by atoms with Crippen molar-refractivity contribution in [2.24, 2.45) is 0 Å². The molecule has 1 N–H and O–H groups in total. The SMILES string of the molecule is CCNC(CC)C(C)c1nc(-c2cc(Cl)cc(Cl)c2)no1. The first-order valence-electron chi connectivity index (χ1n) is 7.08. The normalized spacial score (nSPS) is 14.1. The minimum absolute atomic E-state index is 0.144. The fraction of sp³-hybridized carbons (Fsp3) is 0.467. The van der Waals surface area contributed by atoms with Crippen LogP contribution in [0.2, 0.25) is 10.0 Å². The first-order chi connectivity index (χ1) is 10.0. The molecule has 4 nitrogen and oxygen atoms in total. The van der Waals surface area contributed by atoms with Crippen LogP contribution in [0.4, 0.5) is 0 Å². The number of rotatable bonds is 6. The second-order valence-corrected chi connectivity index (χ2v) is 5.85. The fourth-order valence-electron chi connectivity index (χ4n) is 2.33. The largest absolute Gasteiger partial charge is 0.339 e. The van der Waals surface area contributed by atoms with Crippen LogP contribution in [0.5, 0.6) is 0 Å². The molecular formula is C15H19Cl2N3O. The molecule has 0 fully saturated rings. The van der Waals surface area contributed by atoms with Gasteiger partial charge >= 0.3 is 0 Å². The lowest BCUT2D eigenvalue weighted by molar-refractivity contribution is 0.321. The molecule has 114 valence electrons. The summed E-state index contributed by atoms with van der Waals surface area (Å²) in [7, 11) is 0. The number of aromatic nitrogens is 2. The monoisotopic (exact) mass is 327 g/mol. The third-order valence-corrected chi connectivity index (χ3v) is 3.90. The molecule has 0 radical (unpaired) electrons. The van der Waals surface area contributed by atoms with Crippen molar-refractivity contribution in [1.82, 2.24) is 15.5 Å². The molecule has 0 aliphatic rings. The predicted octanol–water partition coefficient (Wildman–Crippen LogP) is 4.54. The van der Waals surface area contributed by atoms with Gasteiger partial charge in [0.2, 0.25) is 11.7 Å². The lowest BCUT2D eigenvalue weighted by Crippen LogP contribution is -2.33. The van der Waals surface area contributed by atoms with Gasteiger partial charge < -0.3 is 9.84 Å². The molecule has 1 aromatic heterocycles. The van der Waals surface area contributed by atoms with Crippen molar-refractivity contribution in [2.45, 2.75) is 39.2 Å². The van der Waals surface area contributed by atoms with Crippen molar-refractivity contribution < 1.29 is 4.52 Å². The average molecular weight is 328 g/mol. The topological polar surface area (TPSA) is 51.0 Å². The molecule has 0 aliphatic carbocycles. The van der Waals surface area contributed by atoms with Crippen molar-refractivity contribution >= 4 is 23.2 Å². The number of hydrogen-bond acceptors (Lipinski definition) is 4. The number of benzene rings is 1. The van der Waals surface area contributed by atoms with Crippen LogP contribution >= 0.6 is 23.2 Å². The third kappa shape index (κ3) is 3.96. The zero-order chi connectivity index (χ0) is 15.4. The minimum atomic E-state index is 0.144. The van der Waals surface area contributed by atoms with Gasteiger partial charge in [-0.25, -0.2) is 0 Å². The van der Waals surface area contributed by atoms with Gasteiger partial charge in [0.05, 0.1) is 5.92 Å². The van der Waals surface area contributed by atoms with Gasteiger partial charge in [-0.1, -0.05) is 49.1 Å². The van der Waals surface area contributed by atoms with Crippen LogP contribution in [0.15, 0.2) is 22.7 Å². The van der Waals surface area contributed by atoms with Gasteiger partial charge in [0.15, 0.2) is 0 Å². The van der Waals surface area contributed by atoms with Gasteiger partial charge in [-0.15, -0.1) is 0 Å². The Bertz CT molecular complexity index is 580. The van der Waals surface area contributed by atoms with Gasteiger partial charge in [-0.3, -0.25) is 0 Å². The fourth-order valence-corrected chi connectivity index (χ4v) is 2.86. The van der Waals surface area contributed by atoms with Crippen molar-refractivity contribution in [2.75, 3.05) is 6.54 Å². The molecular weight excluding hydrogens is 309 g/mol. The minimum Gasteiger partial charge on any atom is -0.339 e. The smallest absolute Gasteiger partial charge is 0.231 e. The molecule has 2 rings (SSSR count). The maximum absolute atomic E-state index is 6.00. The predicted molar refractivity (Wildman–Crippen MR) is 85.9 cm³/mol. The Labute approximate surface area is 134 Å². The summed E-state index contributed by atoms with van der Waals surface area (Å²) in [4.78, 5) is 4.48. The highest BCUT2D eigenvalue weighted by atomic mass is 35.5. The molecule has 0 bridgehead atoms. The van der Waals surface area contributed by atoms with E-state index >= 15 is 0 Å². The zero-order valence-electron chi connectivity index (χ0n) is 12.4. The zero-order valence-corrected chi connectivity index (χ0v) is 13.9. The summed E-state index contributed by atoms with van der Waals surface area (Å²) in [6.45, 7) is 7.22. The van der Waals surface area contributed by atoms with Gasteiger partial charge in [-0.05, 0) is 31.2 Å². The van der Waals surface area contributed by atoms with Crippen molar-refractivity contribution in [3.05, 3.63) is 34.1 Å². The maximum Gasteiger partial charge on any atom is 0.231 e. The van der Waals surface area contributed by atoms with Crippen LogP contribution in [0.1, 0.15) is 39.0 Å². The molecule has 2 unspecified atom stereocenters. The lowest BCUT2D eigenvalue weighted by Gasteiger charge is -2.20. The Morgan fingerprint density at radius 3 is 2.43 bits per heavy atom. The Morgan fingerprint density at radius 2 is 1.86 bits per heavy atom. The Hall–Kier alpha value is -1.10. The van der Waals surface area contributed by atoms with Gasteiger partial charge in [0.25, 0.3) is 0 Å². The van der Waals surface area contributed by atoms with E-state index in [2.05, 4.69) is 36.2 Å². The molecule has 0 saturated carbocycles. The summed E-state index contributed by atoms with van der Waals surface area (Å²) in [5.74, 6) is 1.27. The second-order valence-electron chi connectivity index (χ2n) is 4.98. The van der Waals surface area contributed by atoms with Crippen molar-refractivity contribution in [3.63, 3.8) is 0 Å². The molecule has 0 aliphatic heterocycles. The van der Waals surface area contributed by atoms with E-state index in [0.29, 0.717) is 27.8 Å². The second kappa shape index (κ2) is 7.25. The molecule has 6 heteroatoms. The number of nitrogens with zero attached hydrogens (tertiary/aromatic N) is 2. The molecule has 1 aromatic carbocycles. The first-order valence-corrected chi connectivity index (χ1v) is 7.84. The van der Waals surface area contributed by atoms with Gasteiger partial charge in [0.1, 0.15) is 0 Å². The maximum atomic E-state index is 6.00. The van der Waals surface area contributed by atoms with Gasteiger partial charge in [-0.2, -0.15) is 4.98 Å². The number of nitrogens with one attached hydrogen (secondary N) is 1. The van der Waals surface area contributed by atoms with E-state index in [4.69, 9.17) is 27.7 Å². The highest BCUT2D eigenvalue weighted by Crippen LogP contribution is 2.27. The average Bonchev–Trinajstić information content (AvgIpc) is 2.92. The third-order valence-electron chi connectivity index (χ3n) is 3.46. The molecule has 21 heavy (non-hydrogen) atoms. The molecule has 0 spiro atoms. The van der Waals surface area contributed by atoms with Gasteiger partial charge in [0, 0.05) is 21.7 Å². The summed E-state index contributed by atoms with van der Waals surface area (Å²) in [5.41, 5.74) is 0.756. The molecule has 2 atom stereocenters. The van der Waals surface area contributed by atoms with E-state index in [9.17, 15) is 0 Å². The summed E-state index contributed by atoms with van der Waals surface area (Å²) in [6.07, 6.45) is 0.996. The van der Waals surface area contributed by atoms with Crippen LogP contribution in [0, 0.1) is 0 Å². The van der Waals surface area contributed by atoms with E-state index in [1.165, 1.54) is 0 Å². The summed E-state index contributed by atoms with van der Waals surface area (Å²) in [6, 6.07) is 5.53. The van der Waals surface area contributed by atoms with Crippen LogP contribution in [0.3, 0.4) is 0 Å². The molecule has 0 saturated heterocycles.